The molecule has 9 rings (SSSR count). The van der Waals surface area contributed by atoms with Crippen LogP contribution in [0, 0.1) is 25.0 Å². The van der Waals surface area contributed by atoms with E-state index in [-0.39, 0.29) is 25.5 Å². The van der Waals surface area contributed by atoms with Crippen molar-refractivity contribution in [2.45, 2.75) is 73.0 Å². The van der Waals surface area contributed by atoms with Crippen molar-refractivity contribution in [1.29, 1.82) is 0 Å². The number of imidazole rings is 1. The Labute approximate surface area is 370 Å². The van der Waals surface area contributed by atoms with E-state index in [2.05, 4.69) is 181 Å². The van der Waals surface area contributed by atoms with Crippen LogP contribution in [-0.2, 0) is 31.9 Å². The van der Waals surface area contributed by atoms with Gasteiger partial charge < -0.3 is 14.0 Å². The molecule has 305 valence electrons. The zero-order valence-corrected chi connectivity index (χ0v) is 39.5. The minimum absolute atomic E-state index is 0. The molecule has 3 heterocycles. The van der Waals surface area contributed by atoms with Crippen LogP contribution in [0.15, 0.2) is 144 Å². The largest absolute Gasteiger partial charge is 0.501 e. The fourth-order valence-electron chi connectivity index (χ4n) is 7.93. The molecule has 6 aromatic carbocycles. The van der Waals surface area contributed by atoms with E-state index < -0.39 is 8.07 Å². The molecule has 9 aromatic rings. The summed E-state index contributed by atoms with van der Waals surface area (Å²) in [5.41, 5.74) is 14.1. The van der Waals surface area contributed by atoms with Crippen LogP contribution in [0.3, 0.4) is 0 Å². The van der Waals surface area contributed by atoms with Gasteiger partial charge in [0, 0.05) is 42.9 Å². The first kappa shape index (κ1) is 42.7. The van der Waals surface area contributed by atoms with Gasteiger partial charge in [0.15, 0.2) is 0 Å². The molecule has 1 radical (unpaired) electrons. The number of hydrogen-bond acceptors (Lipinski definition) is 3. The van der Waals surface area contributed by atoms with Crippen molar-refractivity contribution >= 4 is 46.2 Å². The summed E-state index contributed by atoms with van der Waals surface area (Å²) in [6.45, 7) is 20.6. The molecule has 60 heavy (non-hydrogen) atoms. The van der Waals surface area contributed by atoms with Crippen LogP contribution in [0.1, 0.15) is 51.3 Å². The van der Waals surface area contributed by atoms with Gasteiger partial charge in [0.25, 0.3) is 0 Å². The molecule has 0 aliphatic carbocycles. The molecule has 0 fully saturated rings. The third-order valence-electron chi connectivity index (χ3n) is 11.0. The Morgan fingerprint density at radius 1 is 0.783 bits per heavy atom. The summed E-state index contributed by atoms with van der Waals surface area (Å²) in [7, 11) is -1.35. The summed E-state index contributed by atoms with van der Waals surface area (Å²) in [6.07, 6.45) is 3.24. The quantitative estimate of drug-likeness (QED) is 0.118. The van der Waals surface area contributed by atoms with Crippen LogP contribution in [0.25, 0.3) is 72.4 Å². The van der Waals surface area contributed by atoms with E-state index >= 15 is 0 Å². The molecule has 0 saturated carbocycles. The number of nitrogens with zero attached hydrogens (tertiary/aromatic N) is 3. The molecule has 0 aliphatic rings. The summed E-state index contributed by atoms with van der Waals surface area (Å²) < 4.78 is 8.69. The van der Waals surface area contributed by atoms with Crippen LogP contribution in [-0.4, -0.2) is 22.6 Å². The second kappa shape index (κ2) is 17.3. The molecule has 0 N–H and O–H groups in total. The topological polar surface area (TPSA) is 43.9 Å². The van der Waals surface area contributed by atoms with Gasteiger partial charge in [0.05, 0.1) is 30.5 Å². The van der Waals surface area contributed by atoms with Crippen molar-refractivity contribution < 1.29 is 24.5 Å². The van der Waals surface area contributed by atoms with E-state index in [0.29, 0.717) is 5.92 Å². The van der Waals surface area contributed by atoms with Crippen LogP contribution in [0.4, 0.5) is 0 Å². The summed E-state index contributed by atoms with van der Waals surface area (Å²) in [5.74, 6) is 1.48. The van der Waals surface area contributed by atoms with E-state index in [0.717, 1.165) is 67.7 Å². The summed E-state index contributed by atoms with van der Waals surface area (Å²) >= 11 is 0. The van der Waals surface area contributed by atoms with E-state index in [4.69, 9.17) is 14.4 Å². The normalized spacial score (nSPS) is 11.8. The zero-order valence-electron chi connectivity index (χ0n) is 36.1. The van der Waals surface area contributed by atoms with E-state index in [1.165, 1.54) is 33.0 Å². The molecule has 0 unspecified atom stereocenters. The number of hydrogen-bond donors (Lipinski definition) is 0. The predicted octanol–water partition coefficient (Wildman–Crippen LogP) is 14.0. The average molecular weight is 980 g/mol. The minimum atomic E-state index is -1.35. The van der Waals surface area contributed by atoms with Crippen LogP contribution in [0.2, 0.25) is 19.6 Å². The average Bonchev–Trinajstić information content (AvgIpc) is 3.79. The van der Waals surface area contributed by atoms with Gasteiger partial charge in [-0.1, -0.05) is 150 Å². The Hall–Kier alpha value is -5.39. The van der Waals surface area contributed by atoms with E-state index in [1.54, 1.807) is 0 Å². The second-order valence-corrected chi connectivity index (χ2v) is 23.2. The number of rotatable bonds is 7. The Balaban J connectivity index is 0.000000212. The first-order valence-electron chi connectivity index (χ1n) is 20.7. The maximum Gasteiger partial charge on any atom is 0.120 e. The van der Waals surface area contributed by atoms with Gasteiger partial charge in [-0.3, -0.25) is 4.98 Å². The molecule has 0 aliphatic heterocycles. The summed E-state index contributed by atoms with van der Waals surface area (Å²) in [4.78, 5) is 9.87. The molecule has 0 bridgehead atoms. The number of para-hydroxylation sites is 3. The van der Waals surface area contributed by atoms with Gasteiger partial charge in [-0.05, 0) is 70.1 Å². The van der Waals surface area contributed by atoms with Crippen molar-refractivity contribution in [3.05, 3.63) is 168 Å². The van der Waals surface area contributed by atoms with Crippen molar-refractivity contribution in [2.24, 2.45) is 5.92 Å². The molecule has 0 atom stereocenters. The second-order valence-electron chi connectivity index (χ2n) is 18.2. The Bertz CT molecular complexity index is 2910. The maximum absolute atomic E-state index is 6.42. The number of aromatic nitrogens is 3. The van der Waals surface area contributed by atoms with Gasteiger partial charge >= 0.3 is 0 Å². The standard InChI is InChI=1S/C35H27N2O.C19H26NSi.Ir/c1-35(2,3)24-20-21-30(28(22-24)23-12-5-4-6-13-23)37-31-18-9-8-17-29(31)36-34(37)27-16-11-15-26-25-14-7-10-19-32(25)38-33(26)27;1-14(2)11-17-12-18(16-9-7-15(3)8-10-16)20-13-19(17)21(4,5)6;/h4-15,17-22H,1-3H3;7-9,12-14H,11H2,1-6H3;/q2*-1;. The maximum atomic E-state index is 6.42. The predicted molar refractivity (Wildman–Crippen MR) is 252 cm³/mol. The SMILES string of the molecule is CC(C)(C)c1ccc(-n2c(-c3[c-]ccc4c3oc3ccccc34)nc3ccccc32)c(-c2ccccc2)c1.Cc1c[c-]c(-c2cc(CC(C)C)c([Si](C)(C)C)cn2)cc1.[Ir]. The molecular formula is C54H53IrN3OSi-2. The fraction of sp³-hybridized carbons (Fsp3) is 0.222. The third-order valence-corrected chi connectivity index (χ3v) is 13.0. The number of fused-ring (bicyclic) bond motifs is 4. The Morgan fingerprint density at radius 2 is 1.52 bits per heavy atom. The van der Waals surface area contributed by atoms with Crippen molar-refractivity contribution in [1.82, 2.24) is 14.5 Å². The van der Waals surface area contributed by atoms with Crippen LogP contribution < -0.4 is 5.19 Å². The molecule has 3 aromatic heterocycles. The van der Waals surface area contributed by atoms with Crippen molar-refractivity contribution in [2.75, 3.05) is 0 Å². The molecule has 4 nitrogen and oxygen atoms in total. The molecule has 0 saturated heterocycles. The van der Waals surface area contributed by atoms with Gasteiger partial charge in [0.1, 0.15) is 5.58 Å². The first-order chi connectivity index (χ1) is 28.3. The molecule has 0 spiro atoms. The minimum Gasteiger partial charge on any atom is -0.501 e. The van der Waals surface area contributed by atoms with E-state index in [9.17, 15) is 0 Å². The molecule has 6 heteroatoms. The fourth-order valence-corrected chi connectivity index (χ4v) is 9.52. The Morgan fingerprint density at radius 3 is 2.23 bits per heavy atom. The number of aryl methyl sites for hydroxylation is 1. The number of furan rings is 1. The first-order valence-corrected chi connectivity index (χ1v) is 24.2. The van der Waals surface area contributed by atoms with Crippen molar-refractivity contribution in [3.63, 3.8) is 0 Å². The zero-order chi connectivity index (χ0) is 41.5. The van der Waals surface area contributed by atoms with Gasteiger partial charge in [-0.15, -0.1) is 53.6 Å². The molecular weight excluding hydrogens is 927 g/mol. The Kier molecular flexibility index (Phi) is 12.3. The van der Waals surface area contributed by atoms with Gasteiger partial charge in [-0.25, -0.2) is 0 Å². The number of pyridine rings is 1. The van der Waals surface area contributed by atoms with E-state index in [1.807, 2.05) is 36.4 Å². The third kappa shape index (κ3) is 8.74. The smallest absolute Gasteiger partial charge is 0.120 e. The van der Waals surface area contributed by atoms with Gasteiger partial charge in [0.2, 0.25) is 0 Å². The van der Waals surface area contributed by atoms with Crippen LogP contribution >= 0.6 is 0 Å². The van der Waals surface area contributed by atoms with Crippen LogP contribution in [0.5, 0.6) is 0 Å². The molecule has 0 amide bonds. The summed E-state index contributed by atoms with van der Waals surface area (Å²) in [5, 5.41) is 3.66. The number of benzene rings is 6. The monoisotopic (exact) mass is 980 g/mol. The summed E-state index contributed by atoms with van der Waals surface area (Å²) in [6, 6.07) is 53.3. The van der Waals surface area contributed by atoms with Gasteiger partial charge in [-0.2, -0.15) is 0 Å². The van der Waals surface area contributed by atoms with Crippen molar-refractivity contribution in [3.8, 4) is 39.5 Å².